The van der Waals surface area contributed by atoms with E-state index in [0.29, 0.717) is 24.9 Å². The smallest absolute Gasteiger partial charge is 0.190 e. The number of ketones is 1. The molecule has 3 rings (SSSR count). The van der Waals surface area contributed by atoms with Gasteiger partial charge in [0.15, 0.2) is 23.4 Å². The van der Waals surface area contributed by atoms with Crippen LogP contribution in [-0.2, 0) is 9.53 Å². The summed E-state index contributed by atoms with van der Waals surface area (Å²) in [6.07, 6.45) is 4.54. The monoisotopic (exact) mass is 276 g/mol. The van der Waals surface area contributed by atoms with E-state index in [4.69, 9.17) is 14.2 Å². The molecule has 108 valence electrons. The number of para-hydroxylation sites is 2. The van der Waals surface area contributed by atoms with Crippen molar-refractivity contribution in [1.29, 1.82) is 0 Å². The number of carbonyl (C=O) groups excluding carboxylic acids is 1. The molecule has 20 heavy (non-hydrogen) atoms. The third kappa shape index (κ3) is 3.12. The van der Waals surface area contributed by atoms with Crippen molar-refractivity contribution in [3.05, 3.63) is 24.3 Å². The van der Waals surface area contributed by atoms with Crippen molar-refractivity contribution in [3.63, 3.8) is 0 Å². The molecular weight excluding hydrogens is 256 g/mol. The molecule has 1 aromatic rings. The third-order valence-corrected chi connectivity index (χ3v) is 3.84. The molecule has 1 fully saturated rings. The van der Waals surface area contributed by atoms with Crippen LogP contribution in [0.5, 0.6) is 11.5 Å². The first-order valence-corrected chi connectivity index (χ1v) is 7.36. The third-order valence-electron chi connectivity index (χ3n) is 3.84. The fraction of sp³-hybridized carbons (Fsp3) is 0.562. The van der Waals surface area contributed by atoms with Gasteiger partial charge in [-0.25, -0.2) is 0 Å². The predicted octanol–water partition coefficient (Wildman–Crippen LogP) is 2.74. The minimum atomic E-state index is -0.464. The molecule has 4 nitrogen and oxygen atoms in total. The molecule has 0 amide bonds. The molecule has 1 saturated heterocycles. The first-order chi connectivity index (χ1) is 9.83. The zero-order valence-electron chi connectivity index (χ0n) is 11.5. The highest BCUT2D eigenvalue weighted by atomic mass is 16.6. The van der Waals surface area contributed by atoms with E-state index in [9.17, 15) is 4.79 Å². The van der Waals surface area contributed by atoms with Crippen LogP contribution in [0, 0.1) is 0 Å². The Morgan fingerprint density at radius 3 is 2.90 bits per heavy atom. The fourth-order valence-corrected chi connectivity index (χ4v) is 2.72. The summed E-state index contributed by atoms with van der Waals surface area (Å²) in [6.45, 7) is 1.19. The molecule has 0 radical (unpaired) electrons. The summed E-state index contributed by atoms with van der Waals surface area (Å²) >= 11 is 0. The van der Waals surface area contributed by atoms with Crippen molar-refractivity contribution < 1.29 is 19.0 Å². The molecule has 1 aromatic carbocycles. The average Bonchev–Trinajstić information content (AvgIpc) is 3.00. The van der Waals surface area contributed by atoms with Gasteiger partial charge in [0.25, 0.3) is 0 Å². The lowest BCUT2D eigenvalue weighted by Gasteiger charge is -2.25. The second kappa shape index (κ2) is 6.27. The van der Waals surface area contributed by atoms with Crippen molar-refractivity contribution in [3.8, 4) is 11.5 Å². The standard InChI is InChI=1S/C16H20O4/c17-13(7-3-5-12-6-4-10-18-12)16-11-19-14-8-1-2-9-15(14)20-16/h1-2,8-9,12,16H,3-7,10-11H2. The van der Waals surface area contributed by atoms with Crippen molar-refractivity contribution in [2.24, 2.45) is 0 Å². The first-order valence-electron chi connectivity index (χ1n) is 7.36. The lowest BCUT2D eigenvalue weighted by atomic mass is 10.0. The van der Waals surface area contributed by atoms with Crippen molar-refractivity contribution in [2.75, 3.05) is 13.2 Å². The van der Waals surface area contributed by atoms with Gasteiger partial charge in [-0.3, -0.25) is 4.79 Å². The number of fused-ring (bicyclic) bond motifs is 1. The molecule has 0 saturated carbocycles. The van der Waals surface area contributed by atoms with E-state index in [1.54, 1.807) is 0 Å². The number of hydrogen-bond acceptors (Lipinski definition) is 4. The normalized spacial score (nSPS) is 24.6. The van der Waals surface area contributed by atoms with Gasteiger partial charge in [-0.2, -0.15) is 0 Å². The molecule has 0 bridgehead atoms. The van der Waals surface area contributed by atoms with Crippen LogP contribution in [0.3, 0.4) is 0 Å². The molecule has 2 aliphatic heterocycles. The topological polar surface area (TPSA) is 44.8 Å². The summed E-state index contributed by atoms with van der Waals surface area (Å²) in [5.41, 5.74) is 0. The summed E-state index contributed by atoms with van der Waals surface area (Å²) in [7, 11) is 0. The number of Topliss-reactive ketones (excluding diaryl/α,β-unsaturated/α-hetero) is 1. The maximum Gasteiger partial charge on any atom is 0.190 e. The molecular formula is C16H20O4. The highest BCUT2D eigenvalue weighted by Crippen LogP contribution is 2.31. The molecule has 4 heteroatoms. The molecule has 0 N–H and O–H groups in total. The summed E-state index contributed by atoms with van der Waals surface area (Å²) < 4.78 is 16.8. The predicted molar refractivity (Wildman–Crippen MR) is 74.2 cm³/mol. The molecule has 2 aliphatic rings. The Kier molecular flexibility index (Phi) is 4.21. The Morgan fingerprint density at radius 2 is 2.10 bits per heavy atom. The van der Waals surface area contributed by atoms with Crippen molar-refractivity contribution in [1.82, 2.24) is 0 Å². The van der Waals surface area contributed by atoms with E-state index in [2.05, 4.69) is 0 Å². The highest BCUT2D eigenvalue weighted by molar-refractivity contribution is 5.83. The largest absolute Gasteiger partial charge is 0.485 e. The summed E-state index contributed by atoms with van der Waals surface area (Å²) in [5, 5.41) is 0. The zero-order chi connectivity index (χ0) is 13.8. The van der Waals surface area contributed by atoms with Crippen LogP contribution < -0.4 is 9.47 Å². The van der Waals surface area contributed by atoms with E-state index in [1.807, 2.05) is 24.3 Å². The Hall–Kier alpha value is -1.55. The minimum absolute atomic E-state index is 0.123. The summed E-state index contributed by atoms with van der Waals surface area (Å²) in [5.74, 6) is 1.50. The van der Waals surface area contributed by atoms with Crippen LogP contribution in [-0.4, -0.2) is 31.2 Å². The lowest BCUT2D eigenvalue weighted by molar-refractivity contribution is -0.128. The van der Waals surface area contributed by atoms with E-state index in [1.165, 1.54) is 0 Å². The van der Waals surface area contributed by atoms with Gasteiger partial charge in [-0.05, 0) is 37.8 Å². The van der Waals surface area contributed by atoms with Gasteiger partial charge in [0.1, 0.15) is 6.61 Å². The van der Waals surface area contributed by atoms with Crippen molar-refractivity contribution >= 4 is 5.78 Å². The zero-order valence-corrected chi connectivity index (χ0v) is 11.5. The number of carbonyl (C=O) groups is 1. The Morgan fingerprint density at radius 1 is 1.25 bits per heavy atom. The van der Waals surface area contributed by atoms with Crippen LogP contribution >= 0.6 is 0 Å². The number of rotatable bonds is 5. The van der Waals surface area contributed by atoms with Crippen LogP contribution in [0.25, 0.3) is 0 Å². The van der Waals surface area contributed by atoms with Gasteiger partial charge in [0.05, 0.1) is 6.10 Å². The lowest BCUT2D eigenvalue weighted by Crippen LogP contribution is -2.36. The Labute approximate surface area is 119 Å². The van der Waals surface area contributed by atoms with Gasteiger partial charge in [-0.15, -0.1) is 0 Å². The Balaban J connectivity index is 1.46. The van der Waals surface area contributed by atoms with Gasteiger partial charge >= 0.3 is 0 Å². The molecule has 0 aliphatic carbocycles. The maximum atomic E-state index is 12.1. The number of ether oxygens (including phenoxy) is 3. The van der Waals surface area contributed by atoms with Crippen molar-refractivity contribution in [2.45, 2.75) is 44.3 Å². The number of benzene rings is 1. The van der Waals surface area contributed by atoms with Gasteiger partial charge in [-0.1, -0.05) is 12.1 Å². The van der Waals surface area contributed by atoms with E-state index in [0.717, 1.165) is 38.0 Å². The second-order valence-electron chi connectivity index (χ2n) is 5.36. The molecule has 0 spiro atoms. The molecule has 2 unspecified atom stereocenters. The van der Waals surface area contributed by atoms with Crippen LogP contribution in [0.1, 0.15) is 32.1 Å². The Bertz CT molecular complexity index is 465. The molecule has 2 atom stereocenters. The number of hydrogen-bond donors (Lipinski definition) is 0. The van der Waals surface area contributed by atoms with Crippen LogP contribution in [0.2, 0.25) is 0 Å². The van der Waals surface area contributed by atoms with Gasteiger partial charge < -0.3 is 14.2 Å². The molecule has 0 aromatic heterocycles. The molecule has 2 heterocycles. The highest BCUT2D eigenvalue weighted by Gasteiger charge is 2.27. The maximum absolute atomic E-state index is 12.1. The second-order valence-corrected chi connectivity index (χ2v) is 5.36. The average molecular weight is 276 g/mol. The summed E-state index contributed by atoms with van der Waals surface area (Å²) in [4.78, 5) is 12.1. The van der Waals surface area contributed by atoms with Crippen LogP contribution in [0.4, 0.5) is 0 Å². The minimum Gasteiger partial charge on any atom is -0.485 e. The fourth-order valence-electron chi connectivity index (χ4n) is 2.72. The summed E-state index contributed by atoms with van der Waals surface area (Å²) in [6, 6.07) is 7.47. The van der Waals surface area contributed by atoms with E-state index >= 15 is 0 Å². The van der Waals surface area contributed by atoms with Crippen LogP contribution in [0.15, 0.2) is 24.3 Å². The van der Waals surface area contributed by atoms with E-state index < -0.39 is 6.10 Å². The SMILES string of the molecule is O=C(CCCC1CCCO1)C1COc2ccccc2O1. The quantitative estimate of drug-likeness (QED) is 0.829. The first kappa shape index (κ1) is 13.4. The van der Waals surface area contributed by atoms with E-state index in [-0.39, 0.29) is 5.78 Å². The van der Waals surface area contributed by atoms with Gasteiger partial charge in [0, 0.05) is 13.0 Å². The van der Waals surface area contributed by atoms with Gasteiger partial charge in [0.2, 0.25) is 0 Å².